The molecule has 93 heavy (non-hydrogen) atoms. The molecule has 0 aliphatic carbocycles. The summed E-state index contributed by atoms with van der Waals surface area (Å²) in [6.45, 7) is 4.44. The Kier molecular flexibility index (Phi) is 52.7. The molecule has 0 aliphatic rings. The van der Waals surface area contributed by atoms with Crippen LogP contribution in [0.1, 0.15) is 83.5 Å². The van der Waals surface area contributed by atoms with E-state index in [0.29, 0.717) is 51.9 Å². The summed E-state index contributed by atoms with van der Waals surface area (Å²) in [6.07, 6.45) is 2.21. The Morgan fingerprint density at radius 3 is 1.15 bits per heavy atom. The molecule has 1 aromatic carbocycles. The van der Waals surface area contributed by atoms with Gasteiger partial charge in [-0.3, -0.25) is 33.6 Å². The van der Waals surface area contributed by atoms with E-state index >= 15 is 0 Å². The number of rotatable bonds is 62. The van der Waals surface area contributed by atoms with Crippen LogP contribution in [0, 0.1) is 29.1 Å². The number of benzene rings is 1. The van der Waals surface area contributed by atoms with E-state index in [1.165, 1.54) is 0 Å². The minimum atomic E-state index is -2.40. The summed E-state index contributed by atoms with van der Waals surface area (Å²) < 4.78 is 125. The number of carbonyl (C=O) groups is 7. The van der Waals surface area contributed by atoms with Crippen molar-refractivity contribution in [3.05, 3.63) is 60.4 Å². The Balaban J connectivity index is 2.79. The number of hydrogen-bond donors (Lipinski definition) is 6. The highest BCUT2D eigenvalue weighted by Crippen LogP contribution is 2.29. The van der Waals surface area contributed by atoms with Crippen LogP contribution in [0.3, 0.4) is 0 Å². The van der Waals surface area contributed by atoms with E-state index in [-0.39, 0.29) is 221 Å². The molecule has 0 aromatic heterocycles. The molecule has 0 radical (unpaired) electrons. The SMILES string of the molecule is [N-]=[N+]=NCCOCCOCCCC(=O)NCCCC(=O)N[C@@H](CCCCNC(=O)CCOCCOCCN=[N+]=[N-])C(=O)N[C@@H](CCCCNC(=O)CCOCCOCCN=[N+]=[N-])C(=O)NCCOCCOCCOCCOCCC(=O)Oc1c(F)c(F)c(F)c(F)c1F. The molecule has 1 aromatic rings. The lowest BCUT2D eigenvalue weighted by Gasteiger charge is -2.23. The van der Waals surface area contributed by atoms with Crippen molar-refractivity contribution < 1.29 is 108 Å². The van der Waals surface area contributed by atoms with Gasteiger partial charge in [0, 0.05) is 92.8 Å². The third-order valence-electron chi connectivity index (χ3n) is 12.1. The Labute approximate surface area is 534 Å². The molecule has 0 unspecified atom stereocenters. The van der Waals surface area contributed by atoms with Crippen LogP contribution in [0.5, 0.6) is 5.75 Å². The fraction of sp³-hybridized carbons (Fsp3) is 0.764. The Hall–Kier alpha value is -7.31. The van der Waals surface area contributed by atoms with Crippen LogP contribution in [-0.4, -0.2) is 231 Å². The minimum Gasteiger partial charge on any atom is -0.420 e. The van der Waals surface area contributed by atoms with E-state index < -0.39 is 77.0 Å². The predicted octanol–water partition coefficient (Wildman–Crippen LogP) is 3.89. The maximum atomic E-state index is 14.1. The Morgan fingerprint density at radius 2 is 0.699 bits per heavy atom. The molecule has 0 fully saturated rings. The zero-order valence-electron chi connectivity index (χ0n) is 52.2. The van der Waals surface area contributed by atoms with E-state index in [2.05, 4.69) is 66.7 Å². The van der Waals surface area contributed by atoms with Crippen molar-refractivity contribution >= 4 is 41.4 Å². The van der Waals surface area contributed by atoms with E-state index in [4.69, 9.17) is 64.0 Å². The second-order valence-electron chi connectivity index (χ2n) is 19.3. The van der Waals surface area contributed by atoms with Crippen molar-refractivity contribution in [1.29, 1.82) is 0 Å². The van der Waals surface area contributed by atoms with E-state index in [0.717, 1.165) is 0 Å². The highest BCUT2D eigenvalue weighted by Gasteiger charge is 2.29. The zero-order chi connectivity index (χ0) is 68.2. The van der Waals surface area contributed by atoms with Gasteiger partial charge in [0.2, 0.25) is 70.3 Å². The summed E-state index contributed by atoms with van der Waals surface area (Å²) in [5, 5.41) is 26.7. The second kappa shape index (κ2) is 58.5. The van der Waals surface area contributed by atoms with Crippen LogP contribution < -0.4 is 36.6 Å². The quantitative estimate of drug-likeness (QED) is 0.00620. The van der Waals surface area contributed by atoms with Gasteiger partial charge in [-0.25, -0.2) is 13.2 Å². The van der Waals surface area contributed by atoms with Gasteiger partial charge >= 0.3 is 5.97 Å². The molecular formula is C55H88F5N15O18. The fourth-order valence-electron chi connectivity index (χ4n) is 7.43. The highest BCUT2D eigenvalue weighted by molar-refractivity contribution is 5.92. The first-order chi connectivity index (χ1) is 45.2. The summed E-state index contributed by atoms with van der Waals surface area (Å²) in [5.74, 6) is -17.0. The lowest BCUT2D eigenvalue weighted by atomic mass is 10.0. The Bertz CT molecular complexity index is 2430. The summed E-state index contributed by atoms with van der Waals surface area (Å²) in [5.41, 5.74) is 25.0. The van der Waals surface area contributed by atoms with Crippen LogP contribution in [-0.2, 0) is 80.9 Å². The van der Waals surface area contributed by atoms with Gasteiger partial charge in [0.05, 0.1) is 132 Å². The normalized spacial score (nSPS) is 11.5. The molecule has 0 saturated heterocycles. The van der Waals surface area contributed by atoms with Gasteiger partial charge in [0.1, 0.15) is 12.1 Å². The van der Waals surface area contributed by atoms with E-state index in [9.17, 15) is 55.5 Å². The van der Waals surface area contributed by atoms with Crippen LogP contribution >= 0.6 is 0 Å². The first kappa shape index (κ1) is 83.7. The van der Waals surface area contributed by atoms with Gasteiger partial charge in [0.25, 0.3) is 0 Å². The molecule has 2 atom stereocenters. The molecule has 1 rings (SSSR count). The largest absolute Gasteiger partial charge is 0.420 e. The maximum Gasteiger partial charge on any atom is 0.313 e. The summed E-state index contributed by atoms with van der Waals surface area (Å²) >= 11 is 0. The summed E-state index contributed by atoms with van der Waals surface area (Å²) in [6, 6.07) is -2.21. The van der Waals surface area contributed by atoms with Crippen LogP contribution in [0.15, 0.2) is 15.3 Å². The van der Waals surface area contributed by atoms with E-state index in [1.54, 1.807) is 0 Å². The number of azide groups is 3. The van der Waals surface area contributed by atoms with E-state index in [1.807, 2.05) is 0 Å². The average Bonchev–Trinajstić information content (AvgIpc) is 0.995. The number of nitrogens with one attached hydrogen (secondary N) is 6. The minimum absolute atomic E-state index is 0.0255. The molecule has 0 aliphatic heterocycles. The average molecular weight is 1340 g/mol. The fourth-order valence-corrected chi connectivity index (χ4v) is 7.43. The van der Waals surface area contributed by atoms with Crippen molar-refractivity contribution in [1.82, 2.24) is 31.9 Å². The molecule has 0 saturated carbocycles. The first-order valence-corrected chi connectivity index (χ1v) is 30.4. The number of halogens is 5. The second-order valence-corrected chi connectivity index (χ2v) is 19.3. The lowest BCUT2D eigenvalue weighted by molar-refractivity contribution is -0.136. The molecule has 38 heteroatoms. The number of esters is 1. The lowest BCUT2D eigenvalue weighted by Crippen LogP contribution is -2.54. The van der Waals surface area contributed by atoms with Gasteiger partial charge in [0.15, 0.2) is 0 Å². The number of hydrogen-bond acceptors (Lipinski definition) is 21. The van der Waals surface area contributed by atoms with Gasteiger partial charge in [-0.2, -0.15) is 8.78 Å². The monoisotopic (exact) mass is 1340 g/mol. The van der Waals surface area contributed by atoms with Crippen molar-refractivity contribution in [2.45, 2.75) is 95.6 Å². The molecule has 0 heterocycles. The smallest absolute Gasteiger partial charge is 0.313 e. The van der Waals surface area contributed by atoms with Crippen LogP contribution in [0.25, 0.3) is 31.3 Å². The van der Waals surface area contributed by atoms with Crippen LogP contribution in [0.2, 0.25) is 0 Å². The highest BCUT2D eigenvalue weighted by atomic mass is 19.2. The van der Waals surface area contributed by atoms with Gasteiger partial charge < -0.3 is 84.0 Å². The van der Waals surface area contributed by atoms with Crippen molar-refractivity contribution in [3.8, 4) is 5.75 Å². The standard InChI is InChI=1S/C55H88F5N15O18/c56-48-49(57)51(59)53(52(60)50(48)58)93-47(80)13-24-86-32-37-91-39-40-92-38-36-87-25-17-67-54(81)41(7-1-3-14-64-44(77)11-22-84-30-34-89-27-19-69-74-62)72-55(82)42(8-2-4-15-65-45(78)12-23-85-31-35-90-28-20-70-75-63)71-46(79)9-5-16-66-43(76)10-6-21-83-29-33-88-26-18-68-73-61/h41-42H,1-40H2,(H,64,77)(H,65,78)(H,66,76)(H,67,81)(H,71,79)(H,72,82)/t41-,42-/m0/s1. The zero-order valence-corrected chi connectivity index (χ0v) is 52.2. The van der Waals surface area contributed by atoms with Crippen molar-refractivity contribution in [3.63, 3.8) is 0 Å². The molecule has 33 nitrogen and oxygen atoms in total. The third-order valence-corrected chi connectivity index (χ3v) is 12.1. The molecule has 6 amide bonds. The molecule has 0 bridgehead atoms. The molecule has 526 valence electrons. The molecule has 0 spiro atoms. The summed E-state index contributed by atoms with van der Waals surface area (Å²) in [7, 11) is 0. The first-order valence-electron chi connectivity index (χ1n) is 30.4. The Morgan fingerprint density at radius 1 is 0.344 bits per heavy atom. The number of unbranched alkanes of at least 4 members (excludes halogenated alkanes) is 2. The predicted molar refractivity (Wildman–Crippen MR) is 318 cm³/mol. The number of carbonyl (C=O) groups excluding carboxylic acids is 7. The number of nitrogens with zero attached hydrogens (tertiary/aromatic N) is 9. The topological polar surface area (TPSA) is 439 Å². The van der Waals surface area contributed by atoms with Gasteiger partial charge in [-0.1, -0.05) is 15.3 Å². The van der Waals surface area contributed by atoms with Gasteiger partial charge in [-0.05, 0) is 68.0 Å². The molecule has 6 N–H and O–H groups in total. The van der Waals surface area contributed by atoms with Crippen LogP contribution in [0.4, 0.5) is 22.0 Å². The number of amides is 6. The summed E-state index contributed by atoms with van der Waals surface area (Å²) in [4.78, 5) is 98.3. The van der Waals surface area contributed by atoms with Gasteiger partial charge in [-0.15, -0.1) is 0 Å². The molecular weight excluding hydrogens is 1250 g/mol. The number of ether oxygens (including phenoxy) is 11. The maximum absolute atomic E-state index is 14.1. The van der Waals surface area contributed by atoms with Crippen molar-refractivity contribution in [2.24, 2.45) is 15.3 Å². The third kappa shape index (κ3) is 46.4. The van der Waals surface area contributed by atoms with Crippen molar-refractivity contribution in [2.75, 3.05) is 178 Å².